The molecule has 3 rings (SSSR count). The van der Waals surface area contributed by atoms with Gasteiger partial charge in [0.05, 0.1) is 22.1 Å². The van der Waals surface area contributed by atoms with Crippen molar-refractivity contribution in [2.24, 2.45) is 0 Å². The van der Waals surface area contributed by atoms with Crippen molar-refractivity contribution in [3.05, 3.63) is 56.3 Å². The molecule has 3 aromatic rings. The summed E-state index contributed by atoms with van der Waals surface area (Å²) in [6, 6.07) is 5.18. The number of carbonyl (C=O) groups is 1. The van der Waals surface area contributed by atoms with Crippen molar-refractivity contribution < 1.29 is 4.79 Å². The van der Waals surface area contributed by atoms with Crippen LogP contribution in [0.25, 0.3) is 11.2 Å². The fourth-order valence-corrected chi connectivity index (χ4v) is 2.40. The predicted octanol–water partition coefficient (Wildman–Crippen LogP) is 1.65. The van der Waals surface area contributed by atoms with Crippen LogP contribution in [0, 0.1) is 6.92 Å². The fraction of sp³-hybridized carbons (Fsp3) is 0.143. The molecule has 7 nitrogen and oxygen atoms in total. The number of halogens is 1. The van der Waals surface area contributed by atoms with Gasteiger partial charge in [-0.3, -0.25) is 9.59 Å². The van der Waals surface area contributed by atoms with E-state index in [0.717, 1.165) is 5.52 Å². The molecule has 0 aliphatic heterocycles. The van der Waals surface area contributed by atoms with Gasteiger partial charge >= 0.3 is 0 Å². The van der Waals surface area contributed by atoms with E-state index in [9.17, 15) is 9.59 Å². The second-order valence-corrected chi connectivity index (χ2v) is 5.58. The van der Waals surface area contributed by atoms with Crippen molar-refractivity contribution in [2.75, 3.05) is 0 Å². The first-order chi connectivity index (χ1) is 10.5. The molecule has 0 bridgehead atoms. The summed E-state index contributed by atoms with van der Waals surface area (Å²) in [4.78, 5) is 37.7. The lowest BCUT2D eigenvalue weighted by atomic mass is 10.2. The van der Waals surface area contributed by atoms with Crippen LogP contribution in [0.3, 0.4) is 0 Å². The minimum atomic E-state index is -0.289. The number of H-pyrrole nitrogens is 2. The lowest BCUT2D eigenvalue weighted by Gasteiger charge is -2.06. The molecule has 0 saturated carbocycles. The Labute approximate surface area is 133 Å². The number of aromatic nitrogens is 4. The van der Waals surface area contributed by atoms with Gasteiger partial charge in [-0.15, -0.1) is 0 Å². The molecule has 0 fully saturated rings. The van der Waals surface area contributed by atoms with Gasteiger partial charge in [-0.05, 0) is 41.1 Å². The monoisotopic (exact) mass is 361 g/mol. The summed E-state index contributed by atoms with van der Waals surface area (Å²) in [5.41, 5.74) is 2.07. The molecule has 3 N–H and O–H groups in total. The second kappa shape index (κ2) is 5.72. The van der Waals surface area contributed by atoms with Crippen molar-refractivity contribution in [2.45, 2.75) is 13.5 Å². The summed E-state index contributed by atoms with van der Waals surface area (Å²) in [5.74, 6) is 0.325. The summed E-state index contributed by atoms with van der Waals surface area (Å²) in [6.45, 7) is 1.92. The van der Waals surface area contributed by atoms with Crippen molar-refractivity contribution in [1.29, 1.82) is 0 Å². The molecule has 112 valence electrons. The number of carbonyl (C=O) groups excluding carboxylic acids is 1. The maximum atomic E-state index is 12.2. The molecule has 1 amide bonds. The third-order valence-corrected chi connectivity index (χ3v) is 3.75. The maximum Gasteiger partial charge on any atom is 0.262 e. The van der Waals surface area contributed by atoms with Crippen LogP contribution in [0.2, 0.25) is 0 Å². The van der Waals surface area contributed by atoms with Gasteiger partial charge in [0, 0.05) is 11.9 Å². The lowest BCUT2D eigenvalue weighted by molar-refractivity contribution is 0.0949. The Morgan fingerprint density at radius 1 is 1.41 bits per heavy atom. The normalized spacial score (nSPS) is 10.8. The highest BCUT2D eigenvalue weighted by molar-refractivity contribution is 9.10. The Morgan fingerprint density at radius 2 is 2.23 bits per heavy atom. The van der Waals surface area contributed by atoms with Crippen LogP contribution < -0.4 is 10.9 Å². The molecule has 0 aromatic carbocycles. The Bertz CT molecular complexity index is 882. The van der Waals surface area contributed by atoms with E-state index in [1.54, 1.807) is 13.1 Å². The molecule has 0 atom stereocenters. The van der Waals surface area contributed by atoms with E-state index in [1.807, 2.05) is 12.1 Å². The number of aryl methyl sites for hydroxylation is 1. The van der Waals surface area contributed by atoms with E-state index in [1.165, 1.54) is 6.07 Å². The minimum Gasteiger partial charge on any atom is -0.345 e. The van der Waals surface area contributed by atoms with Gasteiger partial charge in [0.1, 0.15) is 5.82 Å². The third-order valence-electron chi connectivity index (χ3n) is 3.16. The van der Waals surface area contributed by atoms with Gasteiger partial charge in [-0.2, -0.15) is 0 Å². The summed E-state index contributed by atoms with van der Waals surface area (Å²) in [6.07, 6.45) is 1.66. The third kappa shape index (κ3) is 2.77. The number of amides is 1. The number of hydrogen-bond acceptors (Lipinski definition) is 4. The van der Waals surface area contributed by atoms with Crippen molar-refractivity contribution in [3.8, 4) is 0 Å². The first kappa shape index (κ1) is 14.5. The average molecular weight is 362 g/mol. The number of nitrogens with zero attached hydrogens (tertiary/aromatic N) is 2. The maximum absolute atomic E-state index is 12.2. The molecule has 3 heterocycles. The number of nitrogens with one attached hydrogen (secondary N) is 3. The number of rotatable bonds is 3. The van der Waals surface area contributed by atoms with Gasteiger partial charge in [0.2, 0.25) is 0 Å². The molecule has 0 spiro atoms. The van der Waals surface area contributed by atoms with Crippen LogP contribution in [0.1, 0.15) is 21.9 Å². The van der Waals surface area contributed by atoms with E-state index in [2.05, 4.69) is 41.2 Å². The Hall–Kier alpha value is -2.48. The molecule has 3 aromatic heterocycles. The molecule has 8 heteroatoms. The number of pyridine rings is 2. The van der Waals surface area contributed by atoms with Gasteiger partial charge in [-0.1, -0.05) is 0 Å². The average Bonchev–Trinajstić information content (AvgIpc) is 2.91. The van der Waals surface area contributed by atoms with E-state index in [4.69, 9.17) is 0 Å². The number of imidazole rings is 1. The molecular formula is C14H12BrN5O2. The summed E-state index contributed by atoms with van der Waals surface area (Å²) >= 11 is 3.12. The van der Waals surface area contributed by atoms with Gasteiger partial charge in [0.15, 0.2) is 5.65 Å². The summed E-state index contributed by atoms with van der Waals surface area (Å²) in [7, 11) is 0. The zero-order chi connectivity index (χ0) is 15.7. The highest BCUT2D eigenvalue weighted by Crippen LogP contribution is 2.10. The second-order valence-electron chi connectivity index (χ2n) is 4.73. The van der Waals surface area contributed by atoms with Crippen LogP contribution in [0.4, 0.5) is 0 Å². The summed E-state index contributed by atoms with van der Waals surface area (Å²) in [5, 5.41) is 2.76. The highest BCUT2D eigenvalue weighted by atomic mass is 79.9. The van der Waals surface area contributed by atoms with E-state index < -0.39 is 0 Å². The molecule has 0 aliphatic rings. The van der Waals surface area contributed by atoms with Crippen LogP contribution in [0.15, 0.2) is 33.7 Å². The standard InChI is InChI=1S/C14H12BrN5O2/c1-7-8(5-9(15)14(22)18-7)13(21)17-6-11-19-10-3-2-4-16-12(10)20-11/h2-5H,6H2,1H3,(H,17,21)(H,18,22)(H,16,19,20). The van der Waals surface area contributed by atoms with Gasteiger partial charge in [0.25, 0.3) is 11.5 Å². The topological polar surface area (TPSA) is 104 Å². The van der Waals surface area contributed by atoms with E-state index >= 15 is 0 Å². The first-order valence-electron chi connectivity index (χ1n) is 6.52. The van der Waals surface area contributed by atoms with Crippen LogP contribution in [-0.2, 0) is 6.54 Å². The van der Waals surface area contributed by atoms with Crippen molar-refractivity contribution in [1.82, 2.24) is 25.3 Å². The first-order valence-corrected chi connectivity index (χ1v) is 7.31. The van der Waals surface area contributed by atoms with Gasteiger partial charge in [-0.25, -0.2) is 9.97 Å². The van der Waals surface area contributed by atoms with Crippen LogP contribution in [0.5, 0.6) is 0 Å². The SMILES string of the molecule is Cc1[nH]c(=O)c(Br)cc1C(=O)NCc1nc2ncccc2[nH]1. The molecular weight excluding hydrogens is 350 g/mol. The van der Waals surface area contributed by atoms with Crippen LogP contribution >= 0.6 is 15.9 Å². The molecule has 0 aliphatic carbocycles. The highest BCUT2D eigenvalue weighted by Gasteiger charge is 2.12. The Balaban J connectivity index is 1.77. The van der Waals surface area contributed by atoms with E-state index in [0.29, 0.717) is 27.2 Å². The molecule has 0 unspecified atom stereocenters. The molecule has 0 radical (unpaired) electrons. The zero-order valence-electron chi connectivity index (χ0n) is 11.6. The lowest BCUT2D eigenvalue weighted by Crippen LogP contribution is -2.26. The number of fused-ring (bicyclic) bond motifs is 1. The van der Waals surface area contributed by atoms with Crippen molar-refractivity contribution in [3.63, 3.8) is 0 Å². The van der Waals surface area contributed by atoms with Crippen molar-refractivity contribution >= 4 is 33.0 Å². The van der Waals surface area contributed by atoms with E-state index in [-0.39, 0.29) is 18.0 Å². The molecule has 22 heavy (non-hydrogen) atoms. The summed E-state index contributed by atoms with van der Waals surface area (Å²) < 4.78 is 0.316. The minimum absolute atomic E-state index is 0.241. The molecule has 0 saturated heterocycles. The van der Waals surface area contributed by atoms with Gasteiger partial charge < -0.3 is 15.3 Å². The quantitative estimate of drug-likeness (QED) is 0.659. The largest absolute Gasteiger partial charge is 0.345 e. The smallest absolute Gasteiger partial charge is 0.262 e. The number of aromatic amines is 2. The fourth-order valence-electron chi connectivity index (χ4n) is 2.07. The van der Waals surface area contributed by atoms with Crippen LogP contribution in [-0.4, -0.2) is 25.8 Å². The zero-order valence-corrected chi connectivity index (χ0v) is 13.2. The number of hydrogen-bond donors (Lipinski definition) is 3. The predicted molar refractivity (Wildman–Crippen MR) is 84.6 cm³/mol. The Morgan fingerprint density at radius 3 is 3.00 bits per heavy atom. The Kier molecular flexibility index (Phi) is 3.76.